The molecule has 6 rings (SSSR count). The highest BCUT2D eigenvalue weighted by molar-refractivity contribution is 7.16. The van der Waals surface area contributed by atoms with Crippen LogP contribution < -0.4 is 0 Å². The zero-order chi connectivity index (χ0) is 28.7. The Balaban J connectivity index is 1.83. The maximum Gasteiger partial charge on any atom is 0.0392 e. The molecule has 2 heteroatoms. The van der Waals surface area contributed by atoms with Crippen LogP contribution in [0, 0.1) is 25.7 Å². The van der Waals surface area contributed by atoms with Gasteiger partial charge in [0.05, 0.1) is 0 Å². The first kappa shape index (κ1) is 28.2. The second kappa shape index (κ2) is 9.84. The van der Waals surface area contributed by atoms with E-state index in [4.69, 9.17) is 0 Å². The molecule has 0 N–H and O–H groups in total. The predicted octanol–water partition coefficient (Wildman–Crippen LogP) is 12.1. The van der Waals surface area contributed by atoms with Crippen molar-refractivity contribution in [3.05, 3.63) is 67.4 Å². The van der Waals surface area contributed by atoms with Gasteiger partial charge in [0.2, 0.25) is 0 Å². The number of fused-ring (bicyclic) bond motifs is 7. The summed E-state index contributed by atoms with van der Waals surface area (Å²) in [4.78, 5) is 6.07. The Morgan fingerprint density at radius 3 is 1.20 bits per heavy atom. The van der Waals surface area contributed by atoms with Gasteiger partial charge >= 0.3 is 0 Å². The average Bonchev–Trinajstić information content (AvgIpc) is 3.60. The smallest absolute Gasteiger partial charge is 0.0392 e. The average molecular weight is 569 g/mol. The molecular weight excluding hydrogens is 521 g/mol. The van der Waals surface area contributed by atoms with Crippen LogP contribution in [0.25, 0.3) is 31.7 Å². The number of aryl methyl sites for hydroxylation is 2. The van der Waals surface area contributed by atoms with E-state index in [9.17, 15) is 0 Å². The van der Waals surface area contributed by atoms with Crippen LogP contribution in [-0.4, -0.2) is 0 Å². The summed E-state index contributed by atoms with van der Waals surface area (Å²) in [6.45, 7) is 24.0. The first-order valence-electron chi connectivity index (χ1n) is 16.0. The Morgan fingerprint density at radius 2 is 0.900 bits per heavy atom. The first-order chi connectivity index (χ1) is 19.1. The fraction of sp³-hybridized carbons (Fsp3) is 0.526. The standard InChI is InChI=1S/C38H48S2/c1-11-37(12-2)29-19-25-26(27(15-21(5)6)33(29)35-31(37)17-23(9)39-35)20-30-34(28(25)16-22(7)8)36-32(18-24(10)40-36)38(30,13-3)14-4/h17-22H,11-16H2,1-10H3. The van der Waals surface area contributed by atoms with Gasteiger partial charge in [-0.3, -0.25) is 0 Å². The van der Waals surface area contributed by atoms with Gasteiger partial charge in [-0.05, 0) is 144 Å². The van der Waals surface area contributed by atoms with E-state index in [-0.39, 0.29) is 10.8 Å². The molecule has 2 aliphatic carbocycles. The second-order valence-corrected chi connectivity index (χ2v) is 16.1. The molecule has 0 unspecified atom stereocenters. The van der Waals surface area contributed by atoms with Crippen molar-refractivity contribution in [2.45, 2.75) is 119 Å². The molecule has 0 spiro atoms. The van der Waals surface area contributed by atoms with E-state index in [1.54, 1.807) is 65.0 Å². The van der Waals surface area contributed by atoms with E-state index in [1.807, 2.05) is 22.7 Å². The highest BCUT2D eigenvalue weighted by atomic mass is 32.1. The molecule has 0 aliphatic heterocycles. The number of hydrogen-bond donors (Lipinski definition) is 0. The van der Waals surface area contributed by atoms with Crippen LogP contribution in [-0.2, 0) is 23.7 Å². The molecule has 0 bridgehead atoms. The van der Waals surface area contributed by atoms with Crippen molar-refractivity contribution in [3.8, 4) is 20.9 Å². The van der Waals surface area contributed by atoms with Crippen LogP contribution in [0.3, 0.4) is 0 Å². The Kier molecular flexibility index (Phi) is 6.94. The van der Waals surface area contributed by atoms with Gasteiger partial charge in [0, 0.05) is 30.3 Å². The van der Waals surface area contributed by atoms with Crippen LogP contribution >= 0.6 is 22.7 Å². The van der Waals surface area contributed by atoms with Gasteiger partial charge in [0.25, 0.3) is 0 Å². The molecule has 0 saturated carbocycles. The van der Waals surface area contributed by atoms with Crippen molar-refractivity contribution >= 4 is 33.4 Å². The lowest BCUT2D eigenvalue weighted by molar-refractivity contribution is 0.490. The summed E-state index contributed by atoms with van der Waals surface area (Å²) < 4.78 is 0. The number of rotatable bonds is 8. The molecule has 0 radical (unpaired) electrons. The van der Waals surface area contributed by atoms with Gasteiger partial charge in [-0.1, -0.05) is 55.4 Å². The van der Waals surface area contributed by atoms with Gasteiger partial charge < -0.3 is 0 Å². The van der Waals surface area contributed by atoms with E-state index < -0.39 is 0 Å². The third-order valence-corrected chi connectivity index (χ3v) is 12.7. The number of hydrogen-bond acceptors (Lipinski definition) is 2. The maximum absolute atomic E-state index is 2.71. The summed E-state index contributed by atoms with van der Waals surface area (Å²) in [5.74, 6) is 1.23. The lowest BCUT2D eigenvalue weighted by Gasteiger charge is -2.32. The summed E-state index contributed by atoms with van der Waals surface area (Å²) in [7, 11) is 0. The third kappa shape index (κ3) is 3.67. The van der Waals surface area contributed by atoms with Gasteiger partial charge in [-0.25, -0.2) is 0 Å². The molecule has 0 nitrogen and oxygen atoms in total. The van der Waals surface area contributed by atoms with Crippen LogP contribution in [0.5, 0.6) is 0 Å². The van der Waals surface area contributed by atoms with Crippen molar-refractivity contribution in [2.75, 3.05) is 0 Å². The Labute approximate surface area is 251 Å². The molecule has 2 aromatic heterocycles. The van der Waals surface area contributed by atoms with Crippen molar-refractivity contribution in [1.82, 2.24) is 0 Å². The number of thiophene rings is 2. The van der Waals surface area contributed by atoms with Gasteiger partial charge in [-0.15, -0.1) is 22.7 Å². The first-order valence-corrected chi connectivity index (χ1v) is 17.6. The van der Waals surface area contributed by atoms with Crippen LogP contribution in [0.2, 0.25) is 0 Å². The normalized spacial score (nSPS) is 16.2. The van der Waals surface area contributed by atoms with E-state index in [0.717, 1.165) is 12.8 Å². The summed E-state index contributed by atoms with van der Waals surface area (Å²) in [5, 5.41) is 3.11. The number of benzene rings is 2. The largest absolute Gasteiger partial charge is 0.140 e. The molecule has 2 aliphatic rings. The SMILES string of the molecule is CCC1(CC)c2cc(C)sc2-c2c1cc1c(CC(C)C)c3c(cc1c2CC(C)C)C(CC)(CC)c1cc(C)sc1-3. The van der Waals surface area contributed by atoms with E-state index in [0.29, 0.717) is 11.8 Å². The minimum absolute atomic E-state index is 0.130. The van der Waals surface area contributed by atoms with E-state index in [2.05, 4.69) is 93.5 Å². The highest BCUT2D eigenvalue weighted by Gasteiger charge is 2.46. The molecule has 0 atom stereocenters. The lowest BCUT2D eigenvalue weighted by atomic mass is 9.71. The molecule has 0 fully saturated rings. The maximum atomic E-state index is 2.71. The molecule has 2 aromatic carbocycles. The zero-order valence-electron chi connectivity index (χ0n) is 26.5. The molecular formula is C38H48S2. The summed E-state index contributed by atoms with van der Waals surface area (Å²) in [6, 6.07) is 10.5. The lowest BCUT2D eigenvalue weighted by Crippen LogP contribution is -2.24. The fourth-order valence-corrected chi connectivity index (χ4v) is 11.0. The molecule has 212 valence electrons. The van der Waals surface area contributed by atoms with Crippen molar-refractivity contribution in [2.24, 2.45) is 11.8 Å². The van der Waals surface area contributed by atoms with Crippen molar-refractivity contribution in [3.63, 3.8) is 0 Å². The summed E-state index contributed by atoms with van der Waals surface area (Å²) >= 11 is 4.09. The summed E-state index contributed by atoms with van der Waals surface area (Å²) in [5.41, 5.74) is 13.2. The zero-order valence-corrected chi connectivity index (χ0v) is 28.2. The Bertz CT molecular complexity index is 1490. The quantitative estimate of drug-likeness (QED) is 0.198. The molecule has 2 heterocycles. The molecule has 0 saturated heterocycles. The van der Waals surface area contributed by atoms with Gasteiger partial charge in [-0.2, -0.15) is 0 Å². The molecule has 4 aromatic rings. The molecule has 40 heavy (non-hydrogen) atoms. The van der Waals surface area contributed by atoms with Gasteiger partial charge in [0.15, 0.2) is 0 Å². The topological polar surface area (TPSA) is 0 Å². The summed E-state index contributed by atoms with van der Waals surface area (Å²) in [6.07, 6.45) is 6.95. The van der Waals surface area contributed by atoms with Crippen molar-refractivity contribution in [1.29, 1.82) is 0 Å². The predicted molar refractivity (Wildman–Crippen MR) is 180 cm³/mol. The van der Waals surface area contributed by atoms with E-state index in [1.165, 1.54) is 35.4 Å². The minimum Gasteiger partial charge on any atom is -0.140 e. The van der Waals surface area contributed by atoms with Crippen LogP contribution in [0.1, 0.15) is 124 Å². The highest BCUT2D eigenvalue weighted by Crippen LogP contribution is 2.62. The Hall–Kier alpha value is -1.90. The Morgan fingerprint density at radius 1 is 0.550 bits per heavy atom. The minimum atomic E-state index is 0.130. The monoisotopic (exact) mass is 568 g/mol. The second-order valence-electron chi connectivity index (χ2n) is 13.6. The van der Waals surface area contributed by atoms with Crippen molar-refractivity contribution < 1.29 is 0 Å². The third-order valence-electron chi connectivity index (χ3n) is 10.5. The van der Waals surface area contributed by atoms with Gasteiger partial charge in [0.1, 0.15) is 0 Å². The van der Waals surface area contributed by atoms with Crippen LogP contribution in [0.15, 0.2) is 24.3 Å². The van der Waals surface area contributed by atoms with E-state index >= 15 is 0 Å². The molecule has 0 amide bonds. The van der Waals surface area contributed by atoms with Crippen LogP contribution in [0.4, 0.5) is 0 Å². The fourth-order valence-electron chi connectivity index (χ4n) is 8.62.